The topological polar surface area (TPSA) is 63.8 Å². The molecule has 1 aromatic carbocycles. The molecule has 3 rings (SSSR count). The van der Waals surface area contributed by atoms with Crippen LogP contribution in [0.25, 0.3) is 11.5 Å². The first-order valence-electron chi connectivity index (χ1n) is 6.67. The van der Waals surface area contributed by atoms with Gasteiger partial charge in [0.15, 0.2) is 0 Å². The van der Waals surface area contributed by atoms with Crippen LogP contribution in [0.4, 0.5) is 5.69 Å². The van der Waals surface area contributed by atoms with Crippen LogP contribution < -0.4 is 5.32 Å². The average molecular weight is 300 g/mol. The Labute approximate surface area is 127 Å². The van der Waals surface area contributed by atoms with Gasteiger partial charge in [-0.2, -0.15) is 0 Å². The maximum Gasteiger partial charge on any atom is 0.247 e. The fourth-order valence-electron chi connectivity index (χ4n) is 2.21. The van der Waals surface area contributed by atoms with Gasteiger partial charge in [0.25, 0.3) is 0 Å². The Kier molecular flexibility index (Phi) is 3.70. The molecule has 0 spiro atoms. The molecule has 2 aromatic heterocycles. The van der Waals surface area contributed by atoms with E-state index in [1.807, 2.05) is 32.0 Å². The summed E-state index contributed by atoms with van der Waals surface area (Å²) < 4.78 is 5.21. The van der Waals surface area contributed by atoms with Crippen molar-refractivity contribution in [1.29, 1.82) is 0 Å². The Hall–Kier alpha value is -2.21. The van der Waals surface area contributed by atoms with Gasteiger partial charge in [-0.25, -0.2) is 4.98 Å². The van der Waals surface area contributed by atoms with Crippen molar-refractivity contribution in [3.8, 4) is 11.5 Å². The van der Waals surface area contributed by atoms with E-state index in [0.29, 0.717) is 5.89 Å². The summed E-state index contributed by atoms with van der Waals surface area (Å²) in [5, 5.41) is 12.2. The molecule has 2 heterocycles. The highest BCUT2D eigenvalue weighted by Gasteiger charge is 2.08. The molecule has 0 bridgehead atoms. The van der Waals surface area contributed by atoms with Gasteiger partial charge in [-0.05, 0) is 44.5 Å². The second kappa shape index (κ2) is 5.65. The molecular weight excluding hydrogens is 284 g/mol. The minimum atomic E-state index is 0.540. The third kappa shape index (κ3) is 2.95. The Morgan fingerprint density at radius 2 is 2.10 bits per heavy atom. The lowest BCUT2D eigenvalue weighted by Crippen LogP contribution is -2.01. The number of benzene rings is 1. The lowest BCUT2D eigenvalue weighted by atomic mass is 10.1. The normalized spacial score (nSPS) is 10.8. The molecule has 0 unspecified atom stereocenters. The van der Waals surface area contributed by atoms with Crippen molar-refractivity contribution in [2.24, 2.45) is 0 Å². The Morgan fingerprint density at radius 1 is 1.24 bits per heavy atom. The lowest BCUT2D eigenvalue weighted by Gasteiger charge is -2.09. The number of nitrogens with zero attached hydrogens (tertiary/aromatic N) is 3. The smallest absolute Gasteiger partial charge is 0.247 e. The standard InChI is InChI=1S/C15H16N4OS/c1-9-6-12(15-19-17-8-20-15)4-5-13(9)16-7-14-10(2)18-11(3)21-14/h4-6,8,16H,7H2,1-3H3. The van der Waals surface area contributed by atoms with Crippen molar-refractivity contribution in [3.63, 3.8) is 0 Å². The van der Waals surface area contributed by atoms with E-state index in [4.69, 9.17) is 4.42 Å². The largest absolute Gasteiger partial charge is 0.423 e. The predicted octanol–water partition coefficient (Wildman–Crippen LogP) is 3.73. The number of aromatic nitrogens is 3. The lowest BCUT2D eigenvalue weighted by molar-refractivity contribution is 0.568. The molecule has 3 aromatic rings. The van der Waals surface area contributed by atoms with Gasteiger partial charge in [0.1, 0.15) is 0 Å². The molecule has 0 saturated carbocycles. The van der Waals surface area contributed by atoms with Crippen LogP contribution in [0.1, 0.15) is 21.1 Å². The van der Waals surface area contributed by atoms with Gasteiger partial charge < -0.3 is 9.73 Å². The summed E-state index contributed by atoms with van der Waals surface area (Å²) in [6, 6.07) is 6.06. The average Bonchev–Trinajstić information content (AvgIpc) is 3.07. The van der Waals surface area contributed by atoms with Crippen LogP contribution in [0, 0.1) is 20.8 Å². The number of aryl methyl sites for hydroxylation is 3. The highest BCUT2D eigenvalue weighted by atomic mass is 32.1. The van der Waals surface area contributed by atoms with Crippen molar-refractivity contribution in [1.82, 2.24) is 15.2 Å². The molecule has 0 aliphatic carbocycles. The summed E-state index contributed by atoms with van der Waals surface area (Å²) in [6.07, 6.45) is 1.34. The van der Waals surface area contributed by atoms with Crippen LogP contribution >= 0.6 is 11.3 Å². The number of rotatable bonds is 4. The Morgan fingerprint density at radius 3 is 2.71 bits per heavy atom. The van der Waals surface area contributed by atoms with E-state index in [1.54, 1.807) is 11.3 Å². The molecule has 6 heteroatoms. The maximum absolute atomic E-state index is 5.21. The number of nitrogens with one attached hydrogen (secondary N) is 1. The first kappa shape index (κ1) is 13.8. The molecule has 108 valence electrons. The fraction of sp³-hybridized carbons (Fsp3) is 0.267. The van der Waals surface area contributed by atoms with Crippen LogP contribution in [0.5, 0.6) is 0 Å². The van der Waals surface area contributed by atoms with E-state index < -0.39 is 0 Å². The second-order valence-corrected chi connectivity index (χ2v) is 6.16. The maximum atomic E-state index is 5.21. The van der Waals surface area contributed by atoms with Gasteiger partial charge in [0.05, 0.1) is 17.2 Å². The molecule has 0 aliphatic heterocycles. The van der Waals surface area contributed by atoms with Gasteiger partial charge in [-0.15, -0.1) is 21.5 Å². The first-order chi connectivity index (χ1) is 10.1. The first-order valence-corrected chi connectivity index (χ1v) is 7.49. The van der Waals surface area contributed by atoms with E-state index in [0.717, 1.165) is 34.1 Å². The second-order valence-electron chi connectivity index (χ2n) is 4.87. The molecule has 0 amide bonds. The summed E-state index contributed by atoms with van der Waals surface area (Å²) in [5.74, 6) is 0.540. The number of hydrogen-bond donors (Lipinski definition) is 1. The molecule has 0 aliphatic rings. The van der Waals surface area contributed by atoms with E-state index in [-0.39, 0.29) is 0 Å². The molecule has 1 N–H and O–H groups in total. The van der Waals surface area contributed by atoms with Gasteiger partial charge in [-0.1, -0.05) is 0 Å². The molecule has 0 saturated heterocycles. The molecule has 0 fully saturated rings. The Balaban J connectivity index is 1.76. The molecular formula is C15H16N4OS. The van der Waals surface area contributed by atoms with Crippen molar-refractivity contribution in [2.75, 3.05) is 5.32 Å². The monoisotopic (exact) mass is 300 g/mol. The summed E-state index contributed by atoms with van der Waals surface area (Å²) in [7, 11) is 0. The SMILES string of the molecule is Cc1nc(C)c(CNc2ccc(-c3nnco3)cc2C)s1. The van der Waals surface area contributed by atoms with E-state index in [2.05, 4.69) is 27.4 Å². The van der Waals surface area contributed by atoms with Crippen LogP contribution in [0.15, 0.2) is 29.0 Å². The van der Waals surface area contributed by atoms with E-state index in [1.165, 1.54) is 11.3 Å². The van der Waals surface area contributed by atoms with Gasteiger partial charge >= 0.3 is 0 Å². The van der Waals surface area contributed by atoms with E-state index >= 15 is 0 Å². The van der Waals surface area contributed by atoms with Crippen molar-refractivity contribution < 1.29 is 4.42 Å². The summed E-state index contributed by atoms with van der Waals surface area (Å²) in [5.41, 5.74) is 4.28. The molecule has 0 atom stereocenters. The fourth-order valence-corrected chi connectivity index (χ4v) is 3.08. The zero-order valence-electron chi connectivity index (χ0n) is 12.2. The highest BCUT2D eigenvalue weighted by Crippen LogP contribution is 2.25. The summed E-state index contributed by atoms with van der Waals surface area (Å²) in [6.45, 7) is 6.93. The highest BCUT2D eigenvalue weighted by molar-refractivity contribution is 7.11. The van der Waals surface area contributed by atoms with Gasteiger partial charge in [0, 0.05) is 16.1 Å². The quantitative estimate of drug-likeness (QED) is 0.795. The number of anilines is 1. The van der Waals surface area contributed by atoms with Crippen LogP contribution in [-0.4, -0.2) is 15.2 Å². The third-order valence-electron chi connectivity index (χ3n) is 3.27. The zero-order chi connectivity index (χ0) is 14.8. The van der Waals surface area contributed by atoms with Crippen LogP contribution in [-0.2, 0) is 6.54 Å². The molecule has 21 heavy (non-hydrogen) atoms. The number of thiazole rings is 1. The van der Waals surface area contributed by atoms with Crippen molar-refractivity contribution >= 4 is 17.0 Å². The van der Waals surface area contributed by atoms with Gasteiger partial charge in [-0.3, -0.25) is 0 Å². The van der Waals surface area contributed by atoms with E-state index in [9.17, 15) is 0 Å². The molecule has 5 nitrogen and oxygen atoms in total. The minimum absolute atomic E-state index is 0.540. The van der Waals surface area contributed by atoms with Crippen LogP contribution in [0.2, 0.25) is 0 Å². The third-order valence-corrected chi connectivity index (χ3v) is 4.35. The molecule has 0 radical (unpaired) electrons. The van der Waals surface area contributed by atoms with Crippen molar-refractivity contribution in [3.05, 3.63) is 45.7 Å². The summed E-state index contributed by atoms with van der Waals surface area (Å²) >= 11 is 1.73. The number of hydrogen-bond acceptors (Lipinski definition) is 6. The minimum Gasteiger partial charge on any atom is -0.423 e. The van der Waals surface area contributed by atoms with Crippen LogP contribution in [0.3, 0.4) is 0 Å². The predicted molar refractivity (Wildman–Crippen MR) is 83.4 cm³/mol. The van der Waals surface area contributed by atoms with Crippen molar-refractivity contribution in [2.45, 2.75) is 27.3 Å². The summed E-state index contributed by atoms with van der Waals surface area (Å²) in [4.78, 5) is 5.72. The van der Waals surface area contributed by atoms with Gasteiger partial charge in [0.2, 0.25) is 12.3 Å². The zero-order valence-corrected chi connectivity index (χ0v) is 13.0. The Bertz CT molecular complexity index is 749.